The summed E-state index contributed by atoms with van der Waals surface area (Å²) in [6, 6.07) is 2.94. The van der Waals surface area contributed by atoms with Crippen LogP contribution in [-0.2, 0) is 16.6 Å². The Hall–Kier alpha value is -1.93. The van der Waals surface area contributed by atoms with Gasteiger partial charge in [-0.2, -0.15) is 4.98 Å². The molecule has 2 N–H and O–H groups in total. The van der Waals surface area contributed by atoms with Crippen molar-refractivity contribution in [2.45, 2.75) is 32.3 Å². The Morgan fingerprint density at radius 3 is 2.30 bits per heavy atom. The van der Waals surface area contributed by atoms with Crippen molar-refractivity contribution in [1.29, 1.82) is 0 Å². The largest absolute Gasteiger partial charge is 0.483 e. The minimum Gasteiger partial charge on any atom is -0.483 e. The molecule has 0 saturated carbocycles. The monoisotopic (exact) mass is 297 g/mol. The van der Waals surface area contributed by atoms with Crippen LogP contribution < -0.4 is 9.88 Å². The first-order valence-corrected chi connectivity index (χ1v) is 7.38. The lowest BCUT2D eigenvalue weighted by atomic mass is 10.1. The molecule has 0 unspecified atom stereocenters. The van der Waals surface area contributed by atoms with E-state index in [9.17, 15) is 8.42 Å². The lowest BCUT2D eigenvalue weighted by Gasteiger charge is -2.12. The Bertz CT molecular complexity index is 714. The van der Waals surface area contributed by atoms with E-state index >= 15 is 0 Å². The van der Waals surface area contributed by atoms with Crippen LogP contribution in [0.5, 0.6) is 5.75 Å². The van der Waals surface area contributed by atoms with Crippen molar-refractivity contribution >= 4 is 10.0 Å². The number of primary sulfonamides is 1. The fraction of sp³-hybridized carbons (Fsp3) is 0.333. The average Bonchev–Trinajstić information content (AvgIpc) is 2.72. The number of hydrogen-bond acceptors (Lipinski definition) is 6. The molecule has 0 atom stereocenters. The Balaban J connectivity index is 2.25. The molecule has 0 bridgehead atoms. The average molecular weight is 297 g/mol. The Morgan fingerprint density at radius 2 is 1.85 bits per heavy atom. The Morgan fingerprint density at radius 1 is 1.25 bits per heavy atom. The number of nitrogens with zero attached hydrogens (tertiary/aromatic N) is 2. The quantitative estimate of drug-likeness (QED) is 0.909. The van der Waals surface area contributed by atoms with E-state index < -0.39 is 10.0 Å². The molecule has 7 nitrogen and oxygen atoms in total. The SMILES string of the molecule is Cc1noc(COc2c(C)cc(S(N)(=O)=O)cc2C)n1. The lowest BCUT2D eigenvalue weighted by molar-refractivity contribution is 0.240. The highest BCUT2D eigenvalue weighted by Crippen LogP contribution is 2.27. The minimum absolute atomic E-state index is 0.0634. The molecule has 0 spiro atoms. The third-order valence-electron chi connectivity index (χ3n) is 2.67. The molecule has 20 heavy (non-hydrogen) atoms. The van der Waals surface area contributed by atoms with E-state index in [4.69, 9.17) is 14.4 Å². The molecule has 1 aromatic heterocycles. The maximum Gasteiger partial charge on any atom is 0.264 e. The maximum absolute atomic E-state index is 11.3. The number of aryl methyl sites for hydroxylation is 3. The number of aromatic nitrogens is 2. The van der Waals surface area contributed by atoms with Gasteiger partial charge in [-0.15, -0.1) is 0 Å². The summed E-state index contributed by atoms with van der Waals surface area (Å²) in [6.45, 7) is 5.33. The van der Waals surface area contributed by atoms with Crippen LogP contribution in [0.1, 0.15) is 22.8 Å². The highest BCUT2D eigenvalue weighted by atomic mass is 32.2. The third kappa shape index (κ3) is 3.14. The molecule has 1 heterocycles. The standard InChI is InChI=1S/C12H15N3O4S/c1-7-4-10(20(13,16)17)5-8(2)12(7)18-6-11-14-9(3)15-19-11/h4-5H,6H2,1-3H3,(H2,13,16,17). The van der Waals surface area contributed by atoms with Crippen molar-refractivity contribution in [3.63, 3.8) is 0 Å². The summed E-state index contributed by atoms with van der Waals surface area (Å²) < 4.78 is 33.2. The number of hydrogen-bond donors (Lipinski definition) is 1. The first kappa shape index (κ1) is 14.5. The molecule has 0 fully saturated rings. The van der Waals surface area contributed by atoms with E-state index in [0.29, 0.717) is 28.6 Å². The van der Waals surface area contributed by atoms with Gasteiger partial charge in [0.2, 0.25) is 10.0 Å². The summed E-state index contributed by atoms with van der Waals surface area (Å²) in [4.78, 5) is 4.09. The van der Waals surface area contributed by atoms with Crippen LogP contribution in [-0.4, -0.2) is 18.6 Å². The Labute approximate surface area is 116 Å². The summed E-state index contributed by atoms with van der Waals surface area (Å²) in [5.41, 5.74) is 1.34. The summed E-state index contributed by atoms with van der Waals surface area (Å²) in [5.74, 6) is 1.46. The number of ether oxygens (including phenoxy) is 1. The summed E-state index contributed by atoms with van der Waals surface area (Å²) in [6.07, 6.45) is 0. The van der Waals surface area contributed by atoms with Crippen molar-refractivity contribution in [3.8, 4) is 5.75 Å². The van der Waals surface area contributed by atoms with Crippen molar-refractivity contribution in [2.24, 2.45) is 5.14 Å². The molecule has 2 rings (SSSR count). The molecule has 8 heteroatoms. The fourth-order valence-corrected chi connectivity index (χ4v) is 2.52. The number of benzene rings is 1. The highest BCUT2D eigenvalue weighted by molar-refractivity contribution is 7.89. The van der Waals surface area contributed by atoms with Crippen molar-refractivity contribution in [1.82, 2.24) is 10.1 Å². The zero-order valence-corrected chi connectivity index (χ0v) is 12.2. The first-order valence-electron chi connectivity index (χ1n) is 5.83. The molecule has 0 aliphatic heterocycles. The zero-order valence-electron chi connectivity index (χ0n) is 11.4. The molecule has 1 aromatic carbocycles. The molecule has 0 amide bonds. The van der Waals surface area contributed by atoms with E-state index in [1.165, 1.54) is 12.1 Å². The summed E-state index contributed by atoms with van der Waals surface area (Å²) >= 11 is 0. The second-order valence-corrected chi connectivity index (χ2v) is 6.02. The molecule has 0 radical (unpaired) electrons. The van der Waals surface area contributed by atoms with Gasteiger partial charge in [-0.05, 0) is 44.0 Å². The number of rotatable bonds is 4. The zero-order chi connectivity index (χ0) is 14.9. The lowest BCUT2D eigenvalue weighted by Crippen LogP contribution is -2.13. The molecular formula is C12H15N3O4S. The second kappa shape index (κ2) is 5.22. The van der Waals surface area contributed by atoms with Gasteiger partial charge in [-0.3, -0.25) is 0 Å². The van der Waals surface area contributed by atoms with Crippen LogP contribution in [0, 0.1) is 20.8 Å². The van der Waals surface area contributed by atoms with Gasteiger partial charge in [0.25, 0.3) is 5.89 Å². The highest BCUT2D eigenvalue weighted by Gasteiger charge is 2.14. The summed E-state index contributed by atoms with van der Waals surface area (Å²) in [5, 5.41) is 8.77. The number of nitrogens with two attached hydrogens (primary N) is 1. The third-order valence-corrected chi connectivity index (χ3v) is 3.56. The molecule has 0 aliphatic carbocycles. The predicted octanol–water partition coefficient (Wildman–Crippen LogP) is 1.22. The van der Waals surface area contributed by atoms with Crippen LogP contribution >= 0.6 is 0 Å². The molecule has 0 aliphatic rings. The van der Waals surface area contributed by atoms with Gasteiger partial charge in [0.15, 0.2) is 12.4 Å². The van der Waals surface area contributed by atoms with Gasteiger partial charge in [-0.1, -0.05) is 5.16 Å². The fourth-order valence-electron chi connectivity index (χ4n) is 1.84. The van der Waals surface area contributed by atoms with Crippen molar-refractivity contribution < 1.29 is 17.7 Å². The van der Waals surface area contributed by atoms with Crippen LogP contribution in [0.15, 0.2) is 21.6 Å². The van der Waals surface area contributed by atoms with Gasteiger partial charge in [-0.25, -0.2) is 13.6 Å². The predicted molar refractivity (Wildman–Crippen MR) is 70.7 cm³/mol. The normalized spacial score (nSPS) is 11.6. The minimum atomic E-state index is -3.72. The topological polar surface area (TPSA) is 108 Å². The first-order chi connectivity index (χ1) is 9.27. The van der Waals surface area contributed by atoms with Gasteiger partial charge in [0.1, 0.15) is 5.75 Å². The van der Waals surface area contributed by atoms with E-state index in [2.05, 4.69) is 10.1 Å². The molecular weight excluding hydrogens is 282 g/mol. The van der Waals surface area contributed by atoms with Crippen LogP contribution in [0.3, 0.4) is 0 Å². The van der Waals surface area contributed by atoms with Crippen molar-refractivity contribution in [2.75, 3.05) is 0 Å². The Kier molecular flexibility index (Phi) is 3.78. The van der Waals surface area contributed by atoms with Gasteiger partial charge < -0.3 is 9.26 Å². The second-order valence-electron chi connectivity index (χ2n) is 4.46. The molecule has 0 saturated heterocycles. The van der Waals surface area contributed by atoms with Crippen LogP contribution in [0.25, 0.3) is 0 Å². The van der Waals surface area contributed by atoms with E-state index in [1.807, 2.05) is 0 Å². The maximum atomic E-state index is 11.3. The van der Waals surface area contributed by atoms with E-state index in [0.717, 1.165) is 0 Å². The van der Waals surface area contributed by atoms with E-state index in [-0.39, 0.29) is 11.5 Å². The number of sulfonamides is 1. The van der Waals surface area contributed by atoms with Gasteiger partial charge in [0, 0.05) is 0 Å². The molecule has 2 aromatic rings. The van der Waals surface area contributed by atoms with Gasteiger partial charge >= 0.3 is 0 Å². The summed E-state index contributed by atoms with van der Waals surface area (Å²) in [7, 11) is -3.72. The van der Waals surface area contributed by atoms with E-state index in [1.54, 1.807) is 20.8 Å². The van der Waals surface area contributed by atoms with Crippen LogP contribution in [0.2, 0.25) is 0 Å². The smallest absolute Gasteiger partial charge is 0.264 e. The van der Waals surface area contributed by atoms with Crippen molar-refractivity contribution in [3.05, 3.63) is 35.0 Å². The van der Waals surface area contributed by atoms with Gasteiger partial charge in [0.05, 0.1) is 4.90 Å². The van der Waals surface area contributed by atoms with Crippen LogP contribution in [0.4, 0.5) is 0 Å². The molecule has 108 valence electrons.